The molecule has 0 radical (unpaired) electrons. The second-order valence-corrected chi connectivity index (χ2v) is 8.19. The fourth-order valence-corrected chi connectivity index (χ4v) is 3.44. The number of likely N-dealkylation sites (N-methyl/N-ethyl adjacent to an activating group) is 1. The lowest BCUT2D eigenvalue weighted by Gasteiger charge is -2.20. The van der Waals surface area contributed by atoms with Crippen LogP contribution in [0.1, 0.15) is 43.9 Å². The summed E-state index contributed by atoms with van der Waals surface area (Å²) < 4.78 is 12.8. The van der Waals surface area contributed by atoms with E-state index in [1.807, 2.05) is 14.0 Å². The summed E-state index contributed by atoms with van der Waals surface area (Å²) >= 11 is 1.79. The molecular formula is C16H20FIN2O. The van der Waals surface area contributed by atoms with Crippen LogP contribution in [0.15, 0.2) is 29.6 Å². The van der Waals surface area contributed by atoms with Crippen LogP contribution in [-0.2, 0) is 3.68 Å². The lowest BCUT2D eigenvalue weighted by Crippen LogP contribution is -2.29. The molecule has 2 heterocycles. The molecule has 1 N–H and O–H groups in total. The first-order valence-electron chi connectivity index (χ1n) is 7.27. The molecule has 0 spiro atoms. The van der Waals surface area contributed by atoms with E-state index in [9.17, 15) is 9.50 Å². The van der Waals surface area contributed by atoms with E-state index in [2.05, 4.69) is 9.88 Å². The standard InChI is InChI=1S/C16H20FIN2O/c1-9-15(21)13(14(20(9)3)10-4-5-10)12-8-11(6-7-19-12)16(2,17)18/h6-9,13,15,21H,4-5H2,1-3H3/t9-,13?,15-,16?/m0/s1. The molecule has 1 aliphatic heterocycles. The average Bonchev–Trinajstić information content (AvgIpc) is 3.22. The topological polar surface area (TPSA) is 36.4 Å². The molecule has 1 aliphatic carbocycles. The summed E-state index contributed by atoms with van der Waals surface area (Å²) in [5.41, 5.74) is 3.96. The molecule has 3 rings (SSSR count). The van der Waals surface area contributed by atoms with Crippen molar-refractivity contribution in [2.45, 2.75) is 48.4 Å². The number of alkyl halides is 2. The van der Waals surface area contributed by atoms with Gasteiger partial charge in [-0.3, -0.25) is 4.98 Å². The molecule has 1 saturated carbocycles. The number of hydrogen-bond acceptors (Lipinski definition) is 3. The minimum Gasteiger partial charge on any atom is -0.390 e. The quantitative estimate of drug-likeness (QED) is 0.608. The van der Waals surface area contributed by atoms with Gasteiger partial charge in [-0.05, 0) is 67.0 Å². The smallest absolute Gasteiger partial charge is 0.183 e. The SMILES string of the molecule is C[C@H]1[C@H](O)C(c2cc(C(C)(F)I)ccn2)C(=C2CC2)N1C. The summed E-state index contributed by atoms with van der Waals surface area (Å²) in [7, 11) is 2.02. The lowest BCUT2D eigenvalue weighted by atomic mass is 9.93. The van der Waals surface area contributed by atoms with E-state index < -0.39 is 9.78 Å². The maximum Gasteiger partial charge on any atom is 0.183 e. The number of pyridine rings is 1. The van der Waals surface area contributed by atoms with Crippen molar-refractivity contribution in [3.63, 3.8) is 0 Å². The van der Waals surface area contributed by atoms with Crippen LogP contribution < -0.4 is 0 Å². The molecule has 1 saturated heterocycles. The van der Waals surface area contributed by atoms with E-state index in [4.69, 9.17) is 0 Å². The lowest BCUT2D eigenvalue weighted by molar-refractivity contribution is 0.126. The van der Waals surface area contributed by atoms with E-state index in [-0.39, 0.29) is 12.0 Å². The Hall–Kier alpha value is -0.690. The minimum absolute atomic E-state index is 0.0555. The summed E-state index contributed by atoms with van der Waals surface area (Å²) in [6.45, 7) is 3.56. The van der Waals surface area contributed by atoms with Gasteiger partial charge in [0, 0.05) is 24.5 Å². The van der Waals surface area contributed by atoms with Crippen molar-refractivity contribution in [1.82, 2.24) is 9.88 Å². The molecular weight excluding hydrogens is 382 g/mol. The number of nitrogens with zero attached hydrogens (tertiary/aromatic N) is 2. The van der Waals surface area contributed by atoms with Crippen LogP contribution in [-0.4, -0.2) is 34.2 Å². The van der Waals surface area contributed by atoms with Gasteiger partial charge in [0.1, 0.15) is 0 Å². The van der Waals surface area contributed by atoms with Gasteiger partial charge >= 0.3 is 0 Å². The number of aliphatic hydroxyl groups excluding tert-OH is 1. The van der Waals surface area contributed by atoms with Crippen LogP contribution in [0.2, 0.25) is 0 Å². The Labute approximate surface area is 138 Å². The zero-order valence-corrected chi connectivity index (χ0v) is 14.6. The van der Waals surface area contributed by atoms with Crippen molar-refractivity contribution < 1.29 is 9.50 Å². The largest absolute Gasteiger partial charge is 0.390 e. The second kappa shape index (κ2) is 5.19. The van der Waals surface area contributed by atoms with Crippen molar-refractivity contribution in [1.29, 1.82) is 0 Å². The van der Waals surface area contributed by atoms with Crippen molar-refractivity contribution in [3.05, 3.63) is 40.9 Å². The number of rotatable bonds is 2. The van der Waals surface area contributed by atoms with Gasteiger partial charge in [0.05, 0.1) is 23.8 Å². The summed E-state index contributed by atoms with van der Waals surface area (Å²) in [5.74, 6) is -0.138. The second-order valence-electron chi connectivity index (χ2n) is 6.17. The van der Waals surface area contributed by atoms with Crippen LogP contribution in [0.25, 0.3) is 0 Å². The van der Waals surface area contributed by atoms with Gasteiger partial charge in [0.2, 0.25) is 0 Å². The summed E-state index contributed by atoms with van der Waals surface area (Å²) in [4.78, 5) is 6.58. The molecule has 0 bridgehead atoms. The molecule has 114 valence electrons. The highest BCUT2D eigenvalue weighted by Crippen LogP contribution is 2.47. The first-order valence-corrected chi connectivity index (χ1v) is 8.35. The number of hydrogen-bond donors (Lipinski definition) is 1. The van der Waals surface area contributed by atoms with Crippen LogP contribution in [0.4, 0.5) is 4.39 Å². The highest BCUT2D eigenvalue weighted by Gasteiger charge is 2.44. The highest BCUT2D eigenvalue weighted by atomic mass is 127. The van der Waals surface area contributed by atoms with Crippen molar-refractivity contribution in [2.75, 3.05) is 7.05 Å². The minimum atomic E-state index is -1.43. The van der Waals surface area contributed by atoms with Crippen molar-refractivity contribution in [3.8, 4) is 0 Å². The molecule has 2 aliphatic rings. The van der Waals surface area contributed by atoms with E-state index in [0.717, 1.165) is 18.5 Å². The van der Waals surface area contributed by atoms with Crippen LogP contribution in [0.3, 0.4) is 0 Å². The molecule has 3 nitrogen and oxygen atoms in total. The van der Waals surface area contributed by atoms with Crippen molar-refractivity contribution >= 4 is 22.6 Å². The van der Waals surface area contributed by atoms with Gasteiger partial charge in [0.15, 0.2) is 3.68 Å². The number of aliphatic hydroxyl groups is 1. The third-order valence-corrected chi connectivity index (χ3v) is 5.21. The molecule has 2 fully saturated rings. The normalized spacial score (nSPS) is 31.5. The van der Waals surface area contributed by atoms with E-state index in [1.165, 1.54) is 18.2 Å². The van der Waals surface area contributed by atoms with E-state index in [0.29, 0.717) is 5.56 Å². The maximum atomic E-state index is 14.2. The summed E-state index contributed by atoms with van der Waals surface area (Å²) in [6.07, 6.45) is 3.34. The predicted molar refractivity (Wildman–Crippen MR) is 88.9 cm³/mol. The molecule has 21 heavy (non-hydrogen) atoms. The molecule has 4 atom stereocenters. The molecule has 0 aromatic carbocycles. The van der Waals surface area contributed by atoms with E-state index in [1.54, 1.807) is 40.9 Å². The Morgan fingerprint density at radius 2 is 2.14 bits per heavy atom. The first-order chi connectivity index (χ1) is 9.80. The number of likely N-dealkylation sites (tertiary alicyclic amines) is 1. The number of allylic oxidation sites excluding steroid dienone is 1. The average molecular weight is 402 g/mol. The van der Waals surface area contributed by atoms with Gasteiger partial charge in [-0.25, -0.2) is 4.39 Å². The van der Waals surface area contributed by atoms with Gasteiger partial charge < -0.3 is 10.0 Å². The Bertz CT molecular complexity index is 590. The Balaban J connectivity index is 2.05. The zero-order valence-electron chi connectivity index (χ0n) is 12.5. The summed E-state index contributed by atoms with van der Waals surface area (Å²) in [6, 6.07) is 3.56. The highest BCUT2D eigenvalue weighted by molar-refractivity contribution is 14.1. The first kappa shape index (κ1) is 15.2. The molecule has 2 unspecified atom stereocenters. The Kier molecular flexibility index (Phi) is 3.76. The predicted octanol–water partition coefficient (Wildman–Crippen LogP) is 3.49. The monoisotopic (exact) mass is 402 g/mol. The van der Waals surface area contributed by atoms with E-state index >= 15 is 0 Å². The number of halogens is 2. The molecule has 1 aromatic heterocycles. The third kappa shape index (κ3) is 2.70. The van der Waals surface area contributed by atoms with Crippen LogP contribution in [0, 0.1) is 0 Å². The van der Waals surface area contributed by atoms with Crippen LogP contribution in [0.5, 0.6) is 0 Å². The van der Waals surface area contributed by atoms with Crippen molar-refractivity contribution in [2.24, 2.45) is 0 Å². The Morgan fingerprint density at radius 1 is 1.48 bits per heavy atom. The van der Waals surface area contributed by atoms with Gasteiger partial charge in [0.25, 0.3) is 0 Å². The summed E-state index contributed by atoms with van der Waals surface area (Å²) in [5, 5.41) is 10.6. The number of aromatic nitrogens is 1. The van der Waals surface area contributed by atoms with Gasteiger partial charge in [-0.2, -0.15) is 0 Å². The molecule has 1 aromatic rings. The van der Waals surface area contributed by atoms with Crippen LogP contribution >= 0.6 is 22.6 Å². The molecule has 5 heteroatoms. The Morgan fingerprint density at radius 3 is 2.71 bits per heavy atom. The molecule has 0 amide bonds. The third-order valence-electron chi connectivity index (χ3n) is 4.59. The van der Waals surface area contributed by atoms with Gasteiger partial charge in [-0.15, -0.1) is 0 Å². The zero-order chi connectivity index (χ0) is 15.4. The fraction of sp³-hybridized carbons (Fsp3) is 0.562. The van der Waals surface area contributed by atoms with Gasteiger partial charge in [-0.1, -0.05) is 0 Å². The fourth-order valence-electron chi connectivity index (χ4n) is 3.10. The maximum absolute atomic E-state index is 14.2.